The van der Waals surface area contributed by atoms with Crippen molar-refractivity contribution >= 4 is 34.3 Å². The van der Waals surface area contributed by atoms with E-state index >= 15 is 0 Å². The summed E-state index contributed by atoms with van der Waals surface area (Å²) in [5.74, 6) is -0.583. The van der Waals surface area contributed by atoms with Crippen LogP contribution in [0.25, 0.3) is 0 Å². The first-order chi connectivity index (χ1) is 11.0. The molecule has 2 rings (SSSR count). The zero-order valence-electron chi connectivity index (χ0n) is 12.9. The van der Waals surface area contributed by atoms with E-state index in [9.17, 15) is 9.59 Å². The van der Waals surface area contributed by atoms with Gasteiger partial charge in [-0.3, -0.25) is 10.2 Å². The monoisotopic (exact) mass is 332 g/mol. The number of anilines is 2. The number of hydrogen-bond donors (Lipinski definition) is 1. The maximum atomic E-state index is 11.5. The van der Waals surface area contributed by atoms with E-state index in [0.717, 1.165) is 28.7 Å². The fourth-order valence-electron chi connectivity index (χ4n) is 1.67. The topological polar surface area (TPSA) is 83.9 Å². The number of ether oxygens (including phenoxy) is 1. The Hall–Kier alpha value is -2.74. The fourth-order valence-corrected chi connectivity index (χ4v) is 2.44. The smallest absolute Gasteiger partial charge is 0.348 e. The van der Waals surface area contributed by atoms with Crippen molar-refractivity contribution in [2.24, 2.45) is 5.10 Å². The maximum Gasteiger partial charge on any atom is 0.348 e. The van der Waals surface area contributed by atoms with Crippen molar-refractivity contribution in [3.8, 4) is 0 Å². The van der Waals surface area contributed by atoms with Crippen LogP contribution in [0, 0.1) is 0 Å². The van der Waals surface area contributed by atoms with Crippen molar-refractivity contribution in [2.45, 2.75) is 0 Å². The predicted molar refractivity (Wildman–Crippen MR) is 91.7 cm³/mol. The Kier molecular flexibility index (Phi) is 5.42. The van der Waals surface area contributed by atoms with Gasteiger partial charge in [-0.05, 0) is 17.7 Å². The minimum Gasteiger partial charge on any atom is -0.465 e. The molecular formula is C15H16N4O3S. The van der Waals surface area contributed by atoms with Crippen LogP contribution in [0.2, 0.25) is 0 Å². The first kappa shape index (κ1) is 16.6. The fraction of sp³-hybridized carbons (Fsp3) is 0.200. The Bertz CT molecular complexity index is 769. The number of carbonyl (C=O) groups excluding carboxylic acids is 1. The van der Waals surface area contributed by atoms with E-state index in [1.807, 2.05) is 43.3 Å². The van der Waals surface area contributed by atoms with Crippen molar-refractivity contribution in [1.82, 2.24) is 4.98 Å². The number of aromatic nitrogens is 1. The number of nitrogens with one attached hydrogen (secondary N) is 1. The van der Waals surface area contributed by atoms with Crippen LogP contribution in [0.1, 0.15) is 15.2 Å². The second-order valence-electron chi connectivity index (χ2n) is 4.71. The lowest BCUT2D eigenvalue weighted by molar-refractivity contribution is 0.0606. The van der Waals surface area contributed by atoms with Gasteiger partial charge in [-0.15, -0.1) is 0 Å². The number of rotatable bonds is 5. The minimum atomic E-state index is -0.583. The first-order valence-electron chi connectivity index (χ1n) is 6.66. The van der Waals surface area contributed by atoms with Gasteiger partial charge < -0.3 is 9.64 Å². The number of esters is 1. The molecule has 0 aliphatic heterocycles. The largest absolute Gasteiger partial charge is 0.465 e. The van der Waals surface area contributed by atoms with Crippen LogP contribution in [0.15, 0.2) is 40.2 Å². The third-order valence-electron chi connectivity index (χ3n) is 2.84. The van der Waals surface area contributed by atoms with Gasteiger partial charge in [-0.1, -0.05) is 23.5 Å². The summed E-state index contributed by atoms with van der Waals surface area (Å²) in [5, 5.41) is 4.24. The van der Waals surface area contributed by atoms with Gasteiger partial charge in [0.05, 0.1) is 13.3 Å². The number of hydrogen-bond acceptors (Lipinski definition) is 8. The average Bonchev–Trinajstić information content (AvgIpc) is 2.54. The van der Waals surface area contributed by atoms with Crippen LogP contribution in [0.5, 0.6) is 0 Å². The summed E-state index contributed by atoms with van der Waals surface area (Å²) in [6, 6.07) is 8.90. The van der Waals surface area contributed by atoms with Crippen molar-refractivity contribution in [3.63, 3.8) is 0 Å². The van der Waals surface area contributed by atoms with Crippen molar-refractivity contribution in [2.75, 3.05) is 31.5 Å². The van der Waals surface area contributed by atoms with Gasteiger partial charge in [0.25, 0.3) is 5.56 Å². The lowest BCUT2D eigenvalue weighted by atomic mass is 10.2. The average molecular weight is 332 g/mol. The molecule has 0 unspecified atom stereocenters. The molecule has 0 saturated carbocycles. The quantitative estimate of drug-likeness (QED) is 0.511. The Balaban J connectivity index is 2.09. The van der Waals surface area contributed by atoms with Crippen LogP contribution < -0.4 is 15.9 Å². The molecule has 0 amide bonds. The summed E-state index contributed by atoms with van der Waals surface area (Å²) in [6.07, 6.45) is 1.60. The van der Waals surface area contributed by atoms with Crippen LogP contribution in [0.4, 0.5) is 10.8 Å². The summed E-state index contributed by atoms with van der Waals surface area (Å²) < 4.78 is 4.59. The highest BCUT2D eigenvalue weighted by molar-refractivity contribution is 7.17. The molecule has 23 heavy (non-hydrogen) atoms. The number of carbonyl (C=O) groups is 1. The molecule has 0 aliphatic carbocycles. The normalized spacial score (nSPS) is 10.6. The Morgan fingerprint density at radius 2 is 2.04 bits per heavy atom. The van der Waals surface area contributed by atoms with Crippen LogP contribution in [-0.2, 0) is 4.74 Å². The number of benzene rings is 1. The third kappa shape index (κ3) is 4.62. The van der Waals surface area contributed by atoms with Gasteiger partial charge in [-0.25, -0.2) is 4.79 Å². The van der Waals surface area contributed by atoms with Gasteiger partial charge in [0.15, 0.2) is 0 Å². The molecule has 1 aromatic carbocycles. The molecule has 1 N–H and O–H groups in total. The van der Waals surface area contributed by atoms with Crippen LogP contribution in [0.3, 0.4) is 0 Å². The lowest BCUT2D eigenvalue weighted by Crippen LogP contribution is -2.10. The van der Waals surface area contributed by atoms with Crippen molar-refractivity contribution < 1.29 is 9.53 Å². The SMILES string of the molecule is COC(=O)c1cc(=O)nc(N/N=C\c2ccc(N(C)C)cc2)s1. The summed E-state index contributed by atoms with van der Waals surface area (Å²) >= 11 is 0.994. The van der Waals surface area contributed by atoms with Crippen LogP contribution >= 0.6 is 11.3 Å². The molecule has 0 radical (unpaired) electrons. The van der Waals surface area contributed by atoms with E-state index in [-0.39, 0.29) is 10.0 Å². The molecular weight excluding hydrogens is 316 g/mol. The number of hydrazone groups is 1. The highest BCUT2D eigenvalue weighted by Gasteiger charge is 2.09. The highest BCUT2D eigenvalue weighted by atomic mass is 32.1. The zero-order valence-corrected chi connectivity index (χ0v) is 13.8. The Morgan fingerprint density at radius 3 is 2.65 bits per heavy atom. The molecule has 0 aliphatic rings. The maximum absolute atomic E-state index is 11.5. The molecule has 2 aromatic rings. The molecule has 0 spiro atoms. The number of methoxy groups -OCH3 is 1. The van der Waals surface area contributed by atoms with Gasteiger partial charge in [0, 0.05) is 25.8 Å². The van der Waals surface area contributed by atoms with Crippen molar-refractivity contribution in [3.05, 3.63) is 51.1 Å². The molecule has 120 valence electrons. The Morgan fingerprint density at radius 1 is 1.35 bits per heavy atom. The van der Waals surface area contributed by atoms with E-state index in [4.69, 9.17) is 0 Å². The van der Waals surface area contributed by atoms with E-state index in [1.165, 1.54) is 7.11 Å². The van der Waals surface area contributed by atoms with Gasteiger partial charge in [0.1, 0.15) is 4.88 Å². The summed E-state index contributed by atoms with van der Waals surface area (Å²) in [4.78, 5) is 28.8. The highest BCUT2D eigenvalue weighted by Crippen LogP contribution is 2.15. The first-order valence-corrected chi connectivity index (χ1v) is 7.48. The van der Waals surface area contributed by atoms with Crippen LogP contribution in [-0.4, -0.2) is 38.4 Å². The molecule has 7 nitrogen and oxygen atoms in total. The molecule has 1 heterocycles. The van der Waals surface area contributed by atoms with E-state index in [2.05, 4.69) is 20.2 Å². The summed E-state index contributed by atoms with van der Waals surface area (Å²) in [6.45, 7) is 0. The summed E-state index contributed by atoms with van der Waals surface area (Å²) in [7, 11) is 5.18. The van der Waals surface area contributed by atoms with E-state index in [0.29, 0.717) is 0 Å². The van der Waals surface area contributed by atoms with Gasteiger partial charge >= 0.3 is 5.97 Å². The van der Waals surface area contributed by atoms with Crippen molar-refractivity contribution in [1.29, 1.82) is 0 Å². The van der Waals surface area contributed by atoms with Gasteiger partial charge in [0.2, 0.25) is 5.13 Å². The van der Waals surface area contributed by atoms with E-state index < -0.39 is 11.5 Å². The molecule has 0 fully saturated rings. The standard InChI is InChI=1S/C15H16N4O3S/c1-19(2)11-6-4-10(5-7-11)9-16-18-15-17-13(20)8-12(23-15)14(21)22-3/h4-9H,1-3H3,(H,17,18,20)/b16-9-. The second kappa shape index (κ2) is 7.50. The molecule has 0 saturated heterocycles. The predicted octanol–water partition coefficient (Wildman–Crippen LogP) is 1.80. The molecule has 0 bridgehead atoms. The minimum absolute atomic E-state index is 0.167. The third-order valence-corrected chi connectivity index (χ3v) is 3.72. The molecule has 0 atom stereocenters. The lowest BCUT2D eigenvalue weighted by Gasteiger charge is -2.11. The number of nitrogens with zero attached hydrogens (tertiary/aromatic N) is 3. The zero-order chi connectivity index (χ0) is 16.8. The van der Waals surface area contributed by atoms with Gasteiger partial charge in [-0.2, -0.15) is 10.1 Å². The summed E-state index contributed by atoms with van der Waals surface area (Å²) in [5.41, 5.74) is 4.09. The van der Waals surface area contributed by atoms with E-state index in [1.54, 1.807) is 6.21 Å². The second-order valence-corrected chi connectivity index (χ2v) is 5.74. The molecule has 8 heteroatoms. The molecule has 1 aromatic heterocycles. The Labute approximate surface area is 137 Å².